The van der Waals surface area contributed by atoms with Gasteiger partial charge in [-0.1, -0.05) is 0 Å². The highest BCUT2D eigenvalue weighted by Gasteiger charge is 2.28. The van der Waals surface area contributed by atoms with Gasteiger partial charge in [-0.25, -0.2) is 4.39 Å². The molecular formula is C12H15F4NO. The number of benzene rings is 1. The van der Waals surface area contributed by atoms with Gasteiger partial charge in [-0.2, -0.15) is 13.2 Å². The maximum absolute atomic E-state index is 13.0. The molecule has 0 spiro atoms. The number of phenolic OH excluding ortho intramolecular Hbond substituents is 1. The van der Waals surface area contributed by atoms with E-state index in [4.69, 9.17) is 0 Å². The second-order valence-electron chi connectivity index (χ2n) is 4.22. The normalized spacial score (nSPS) is 13.9. The number of hydrogen-bond acceptors (Lipinski definition) is 2. The van der Waals surface area contributed by atoms with Gasteiger partial charge in [0.25, 0.3) is 0 Å². The van der Waals surface area contributed by atoms with E-state index in [1.807, 2.05) is 0 Å². The number of phenols is 1. The molecule has 18 heavy (non-hydrogen) atoms. The fourth-order valence-corrected chi connectivity index (χ4v) is 1.59. The summed E-state index contributed by atoms with van der Waals surface area (Å²) in [6.07, 6.45) is -5.16. The van der Waals surface area contributed by atoms with Gasteiger partial charge in [0.1, 0.15) is 11.6 Å². The van der Waals surface area contributed by atoms with Crippen molar-refractivity contribution in [1.29, 1.82) is 0 Å². The summed E-state index contributed by atoms with van der Waals surface area (Å²) in [6.45, 7) is 1.41. The first kappa shape index (κ1) is 14.8. The van der Waals surface area contributed by atoms with E-state index >= 15 is 0 Å². The zero-order valence-electron chi connectivity index (χ0n) is 10.1. The number of halogens is 4. The SMILES string of the molecule is CC(c1cc(F)ccc1O)N(C)CCC(F)(F)F. The maximum atomic E-state index is 13.0. The molecule has 1 N–H and O–H groups in total. The summed E-state index contributed by atoms with van der Waals surface area (Å²) >= 11 is 0. The van der Waals surface area contributed by atoms with Gasteiger partial charge < -0.3 is 5.11 Å². The Morgan fingerprint density at radius 3 is 2.50 bits per heavy atom. The first-order valence-corrected chi connectivity index (χ1v) is 5.46. The van der Waals surface area contributed by atoms with Crippen molar-refractivity contribution in [2.75, 3.05) is 13.6 Å². The molecule has 1 atom stereocenters. The highest BCUT2D eigenvalue weighted by molar-refractivity contribution is 5.34. The summed E-state index contributed by atoms with van der Waals surface area (Å²) in [4.78, 5) is 1.42. The number of aromatic hydroxyl groups is 1. The Morgan fingerprint density at radius 1 is 1.33 bits per heavy atom. The van der Waals surface area contributed by atoms with Crippen molar-refractivity contribution in [2.24, 2.45) is 0 Å². The molecule has 0 aliphatic heterocycles. The Bertz CT molecular complexity index is 406. The summed E-state index contributed by atoms with van der Waals surface area (Å²) < 4.78 is 49.3. The summed E-state index contributed by atoms with van der Waals surface area (Å²) in [5.41, 5.74) is 0.277. The molecule has 0 aromatic heterocycles. The van der Waals surface area contributed by atoms with Gasteiger partial charge >= 0.3 is 6.18 Å². The van der Waals surface area contributed by atoms with Crippen LogP contribution in [0.4, 0.5) is 17.6 Å². The molecule has 1 unspecified atom stereocenters. The van der Waals surface area contributed by atoms with Crippen LogP contribution in [0.1, 0.15) is 24.9 Å². The van der Waals surface area contributed by atoms with Crippen LogP contribution >= 0.6 is 0 Å². The van der Waals surface area contributed by atoms with Crippen molar-refractivity contribution in [1.82, 2.24) is 4.90 Å². The molecular weight excluding hydrogens is 250 g/mol. The molecule has 6 heteroatoms. The summed E-state index contributed by atoms with van der Waals surface area (Å²) in [5.74, 6) is -0.651. The molecule has 0 aliphatic rings. The highest BCUT2D eigenvalue weighted by atomic mass is 19.4. The summed E-state index contributed by atoms with van der Waals surface area (Å²) in [7, 11) is 1.50. The van der Waals surface area contributed by atoms with Crippen molar-refractivity contribution < 1.29 is 22.7 Å². The molecule has 0 bridgehead atoms. The predicted octanol–water partition coefficient (Wildman–Crippen LogP) is 3.48. The molecule has 0 aliphatic carbocycles. The smallest absolute Gasteiger partial charge is 0.390 e. The average molecular weight is 265 g/mol. The molecule has 1 rings (SSSR count). The topological polar surface area (TPSA) is 23.5 Å². The Balaban J connectivity index is 2.74. The lowest BCUT2D eigenvalue weighted by atomic mass is 10.1. The summed E-state index contributed by atoms with van der Waals surface area (Å²) in [6, 6.07) is 2.92. The third-order valence-corrected chi connectivity index (χ3v) is 2.85. The summed E-state index contributed by atoms with van der Waals surface area (Å²) in [5, 5.41) is 9.57. The van der Waals surface area contributed by atoms with Crippen LogP contribution < -0.4 is 0 Å². The van der Waals surface area contributed by atoms with E-state index < -0.39 is 24.5 Å². The van der Waals surface area contributed by atoms with Crippen molar-refractivity contribution in [3.63, 3.8) is 0 Å². The Labute approximate surface area is 103 Å². The lowest BCUT2D eigenvalue weighted by Gasteiger charge is -2.26. The van der Waals surface area contributed by atoms with Gasteiger partial charge in [-0.05, 0) is 32.2 Å². The highest BCUT2D eigenvalue weighted by Crippen LogP contribution is 2.29. The van der Waals surface area contributed by atoms with Crippen LogP contribution in [0.25, 0.3) is 0 Å². The van der Waals surface area contributed by atoms with Crippen LogP contribution in [0, 0.1) is 5.82 Å². The molecule has 2 nitrogen and oxygen atoms in total. The van der Waals surface area contributed by atoms with Gasteiger partial charge in [0, 0.05) is 18.2 Å². The Hall–Kier alpha value is -1.30. The fourth-order valence-electron chi connectivity index (χ4n) is 1.59. The van der Waals surface area contributed by atoms with Crippen LogP contribution in [-0.2, 0) is 0 Å². The van der Waals surface area contributed by atoms with E-state index in [9.17, 15) is 22.7 Å². The van der Waals surface area contributed by atoms with Gasteiger partial charge in [0.15, 0.2) is 0 Å². The van der Waals surface area contributed by atoms with Crippen LogP contribution in [0.2, 0.25) is 0 Å². The minimum atomic E-state index is -4.22. The fraction of sp³-hybridized carbons (Fsp3) is 0.500. The molecule has 0 saturated carbocycles. The first-order chi connectivity index (χ1) is 8.20. The number of rotatable bonds is 4. The maximum Gasteiger partial charge on any atom is 0.390 e. The Morgan fingerprint density at radius 2 is 1.94 bits per heavy atom. The van der Waals surface area contributed by atoms with Crippen LogP contribution in [-0.4, -0.2) is 29.8 Å². The van der Waals surface area contributed by atoms with E-state index in [1.165, 1.54) is 18.0 Å². The molecule has 1 aromatic carbocycles. The Kier molecular flexibility index (Phi) is 4.56. The predicted molar refractivity (Wildman–Crippen MR) is 59.8 cm³/mol. The van der Waals surface area contributed by atoms with E-state index in [1.54, 1.807) is 6.92 Å². The molecule has 0 fully saturated rings. The average Bonchev–Trinajstić information content (AvgIpc) is 2.27. The minimum Gasteiger partial charge on any atom is -0.508 e. The van der Waals surface area contributed by atoms with Crippen LogP contribution in [0.5, 0.6) is 5.75 Å². The monoisotopic (exact) mass is 265 g/mol. The third kappa shape index (κ3) is 4.18. The third-order valence-electron chi connectivity index (χ3n) is 2.85. The molecule has 1 aromatic rings. The second-order valence-corrected chi connectivity index (χ2v) is 4.22. The van der Waals surface area contributed by atoms with Crippen molar-refractivity contribution in [3.8, 4) is 5.75 Å². The lowest BCUT2D eigenvalue weighted by Crippen LogP contribution is -2.27. The first-order valence-electron chi connectivity index (χ1n) is 5.46. The minimum absolute atomic E-state index is 0.122. The van der Waals surface area contributed by atoms with E-state index in [0.29, 0.717) is 0 Å². The van der Waals surface area contributed by atoms with Crippen LogP contribution in [0.15, 0.2) is 18.2 Å². The number of hydrogen-bond donors (Lipinski definition) is 1. The zero-order valence-corrected chi connectivity index (χ0v) is 10.1. The lowest BCUT2D eigenvalue weighted by molar-refractivity contribution is -0.138. The van der Waals surface area contributed by atoms with Gasteiger partial charge in [0.2, 0.25) is 0 Å². The van der Waals surface area contributed by atoms with Crippen LogP contribution in [0.3, 0.4) is 0 Å². The number of nitrogens with zero attached hydrogens (tertiary/aromatic N) is 1. The molecule has 0 saturated heterocycles. The molecule has 102 valence electrons. The standard InChI is InChI=1S/C12H15F4NO/c1-8(17(2)6-5-12(14,15)16)10-7-9(13)3-4-11(10)18/h3-4,7-8,18H,5-6H2,1-2H3. The molecule has 0 amide bonds. The molecule has 0 heterocycles. The van der Waals surface area contributed by atoms with Gasteiger partial charge in [0.05, 0.1) is 6.42 Å². The second kappa shape index (κ2) is 5.56. The zero-order chi connectivity index (χ0) is 13.9. The molecule has 0 radical (unpaired) electrons. The number of alkyl halides is 3. The van der Waals surface area contributed by atoms with Gasteiger partial charge in [-0.3, -0.25) is 4.90 Å². The van der Waals surface area contributed by atoms with E-state index in [0.717, 1.165) is 12.1 Å². The van der Waals surface area contributed by atoms with Crippen molar-refractivity contribution in [2.45, 2.75) is 25.6 Å². The van der Waals surface area contributed by atoms with Gasteiger partial charge in [-0.15, -0.1) is 0 Å². The van der Waals surface area contributed by atoms with E-state index in [-0.39, 0.29) is 17.9 Å². The van der Waals surface area contributed by atoms with Crippen molar-refractivity contribution in [3.05, 3.63) is 29.6 Å². The quantitative estimate of drug-likeness (QED) is 0.842. The van der Waals surface area contributed by atoms with Crippen molar-refractivity contribution >= 4 is 0 Å². The van der Waals surface area contributed by atoms with E-state index in [2.05, 4.69) is 0 Å². The largest absolute Gasteiger partial charge is 0.508 e.